The van der Waals surface area contributed by atoms with Crippen molar-refractivity contribution >= 4 is 11.9 Å². The van der Waals surface area contributed by atoms with E-state index in [0.29, 0.717) is 88.5 Å². The quantitative estimate of drug-likeness (QED) is 0.0412. The third-order valence-electron chi connectivity index (χ3n) is 17.8. The molecule has 0 saturated carbocycles. The lowest BCUT2D eigenvalue weighted by Crippen LogP contribution is -2.46. The minimum Gasteiger partial charge on any atom is -0.465 e. The summed E-state index contributed by atoms with van der Waals surface area (Å²) in [6.07, 6.45) is 27.3. The van der Waals surface area contributed by atoms with Crippen LogP contribution >= 0.6 is 0 Å². The van der Waals surface area contributed by atoms with Crippen LogP contribution in [0, 0.1) is 32.5 Å². The van der Waals surface area contributed by atoms with Gasteiger partial charge in [0, 0.05) is 108 Å². The molecule has 91 heavy (non-hydrogen) atoms. The van der Waals surface area contributed by atoms with Gasteiger partial charge in [-0.05, 0) is 70.6 Å². The van der Waals surface area contributed by atoms with Crippen LogP contribution in [0.4, 0.5) is 0 Å². The van der Waals surface area contributed by atoms with Crippen molar-refractivity contribution in [3.8, 4) is 0 Å². The number of esters is 2. The van der Waals surface area contributed by atoms with E-state index in [-0.39, 0.29) is 28.2 Å². The molecule has 6 heterocycles. The minimum atomic E-state index is -0.143. The Balaban J connectivity index is 0.000000547. The highest BCUT2D eigenvalue weighted by molar-refractivity contribution is 5.69. The van der Waals surface area contributed by atoms with Gasteiger partial charge in [0.2, 0.25) is 0 Å². The van der Waals surface area contributed by atoms with Crippen LogP contribution in [0.1, 0.15) is 209 Å². The Kier molecular flexibility index (Phi) is 54.1. The van der Waals surface area contributed by atoms with Gasteiger partial charge < -0.3 is 80.5 Å². The van der Waals surface area contributed by atoms with E-state index in [1.165, 1.54) is 96.3 Å². The van der Waals surface area contributed by atoms with Crippen molar-refractivity contribution in [3.63, 3.8) is 0 Å². The maximum absolute atomic E-state index is 11.4. The van der Waals surface area contributed by atoms with Crippen LogP contribution in [0.3, 0.4) is 0 Å². The summed E-state index contributed by atoms with van der Waals surface area (Å²) in [6.45, 7) is 39.3. The normalized spacial score (nSPS) is 18.5. The molecule has 6 aliphatic heterocycles. The van der Waals surface area contributed by atoms with Gasteiger partial charge in [0.1, 0.15) is 13.2 Å². The number of rotatable bonds is 51. The van der Waals surface area contributed by atoms with Crippen molar-refractivity contribution in [3.05, 3.63) is 0 Å². The first-order valence-corrected chi connectivity index (χ1v) is 35.8. The molecule has 0 N–H and O–H groups in total. The van der Waals surface area contributed by atoms with Crippen LogP contribution in [-0.2, 0) is 90.1 Å². The molecule has 0 radical (unpaired) electrons. The lowest BCUT2D eigenvalue weighted by Gasteiger charge is -2.40. The van der Waals surface area contributed by atoms with Crippen molar-refractivity contribution in [2.75, 3.05) is 213 Å². The van der Waals surface area contributed by atoms with Gasteiger partial charge in [-0.2, -0.15) is 0 Å². The predicted octanol–water partition coefficient (Wildman–Crippen LogP) is 13.3. The summed E-state index contributed by atoms with van der Waals surface area (Å²) in [5.41, 5.74) is 1.46. The average Bonchev–Trinajstić information content (AvgIpc) is 1.72. The highest BCUT2D eigenvalue weighted by Gasteiger charge is 2.40. The first kappa shape index (κ1) is 87.4. The molecule has 0 aliphatic carbocycles. The van der Waals surface area contributed by atoms with Gasteiger partial charge in [0.05, 0.1) is 138 Å². The molecule has 19 nitrogen and oxygen atoms in total. The van der Waals surface area contributed by atoms with E-state index >= 15 is 0 Å². The number of unbranched alkanes of at least 4 members (excludes halogenated alkanes) is 13. The first-order valence-electron chi connectivity index (χ1n) is 35.8. The third kappa shape index (κ3) is 43.3. The zero-order chi connectivity index (χ0) is 66.9. The summed E-state index contributed by atoms with van der Waals surface area (Å²) in [4.78, 5) is 22.6. The molecular formula is C72H140O19. The minimum absolute atomic E-state index is 0.0455. The molecule has 6 aliphatic rings. The molecule has 6 saturated heterocycles. The topological polar surface area (TPSA) is 191 Å². The average molecular weight is 1310 g/mol. The van der Waals surface area contributed by atoms with E-state index in [0.717, 1.165) is 170 Å². The molecule has 0 amide bonds. The molecule has 0 aromatic carbocycles. The number of carbonyl (C=O) groups excluding carboxylic acids is 2. The van der Waals surface area contributed by atoms with Gasteiger partial charge in [-0.3, -0.25) is 9.59 Å². The molecule has 0 aromatic heterocycles. The molecule has 6 rings (SSSR count). The Morgan fingerprint density at radius 2 is 0.571 bits per heavy atom. The van der Waals surface area contributed by atoms with Crippen LogP contribution < -0.4 is 0 Å². The van der Waals surface area contributed by atoms with Crippen LogP contribution in [0.5, 0.6) is 0 Å². The van der Waals surface area contributed by atoms with Gasteiger partial charge in [-0.15, -0.1) is 0 Å². The second kappa shape index (κ2) is 56.4. The van der Waals surface area contributed by atoms with E-state index in [2.05, 4.69) is 55.4 Å². The summed E-state index contributed by atoms with van der Waals surface area (Å²) in [7, 11) is 6.78. The van der Waals surface area contributed by atoms with Gasteiger partial charge in [0.25, 0.3) is 0 Å². The second-order valence-electron chi connectivity index (χ2n) is 27.3. The summed E-state index contributed by atoms with van der Waals surface area (Å²) >= 11 is 0. The SMILES string of the molecule is CCC1(COCCCCCCOC)COC1.CCC1(COCCCCOC)COC1.CCCCCCC(=O)OCC1(CC)COC1.CCCCCCCCCOCC1(CC)COC1.COCCCC(=O)OCC1(C)COC1.COCCOCCOCC1(C)COC1. The molecule has 0 spiro atoms. The fourth-order valence-corrected chi connectivity index (χ4v) is 9.84. The highest BCUT2D eigenvalue weighted by atomic mass is 16.6. The van der Waals surface area contributed by atoms with Gasteiger partial charge in [-0.1, -0.05) is 126 Å². The molecular weight excluding hydrogens is 1170 g/mol. The monoisotopic (exact) mass is 1310 g/mol. The van der Waals surface area contributed by atoms with Crippen molar-refractivity contribution in [2.24, 2.45) is 32.5 Å². The van der Waals surface area contributed by atoms with E-state index in [9.17, 15) is 9.59 Å². The van der Waals surface area contributed by atoms with Crippen LogP contribution in [-0.4, -0.2) is 225 Å². The Labute approximate surface area is 555 Å². The standard InChI is InChI=1S/C15H30O2.C13H26O3.C13H24O3.C11H22O3.C10H20O4.C10H18O4/c1-3-5-6-7-8-9-10-11-16-12-15(4-2)13-17-14-15;1-3-13(11-16-12-13)10-15-9-7-5-4-6-8-14-2;1-3-5-6-7-8-12(14)16-11-13(4-2)9-15-10-13;1-3-11(9-14-10-11)8-13-7-5-4-6-12-2;1-10(8-14-9-10)7-13-6-5-12-4-3-11-2;1-10(6-13-7-10)8-14-9(11)4-3-5-12-2/h3-14H2,1-2H3;3-12H2,1-2H3;3-11H2,1-2H3;3-10H2,1-2H3;3-9H2,1-2H3;3-8H2,1-2H3. The Hall–Kier alpha value is -1.66. The highest BCUT2D eigenvalue weighted by Crippen LogP contribution is 2.34. The largest absolute Gasteiger partial charge is 0.465 e. The fraction of sp³-hybridized carbons (Fsp3) is 0.972. The smallest absolute Gasteiger partial charge is 0.305 e. The lowest BCUT2D eigenvalue weighted by molar-refractivity contribution is -0.170. The van der Waals surface area contributed by atoms with Gasteiger partial charge in [0.15, 0.2) is 0 Å². The van der Waals surface area contributed by atoms with Crippen LogP contribution in [0.15, 0.2) is 0 Å². The summed E-state index contributed by atoms with van der Waals surface area (Å²) in [5.74, 6) is -0.189. The fourth-order valence-electron chi connectivity index (χ4n) is 9.84. The molecule has 0 unspecified atom stereocenters. The van der Waals surface area contributed by atoms with Gasteiger partial charge in [-0.25, -0.2) is 0 Å². The zero-order valence-electron chi connectivity index (χ0n) is 60.5. The molecule has 19 heteroatoms. The van der Waals surface area contributed by atoms with Crippen LogP contribution in [0.25, 0.3) is 0 Å². The van der Waals surface area contributed by atoms with E-state index < -0.39 is 0 Å². The van der Waals surface area contributed by atoms with Crippen molar-refractivity contribution in [2.45, 2.75) is 209 Å². The van der Waals surface area contributed by atoms with E-state index in [1.807, 2.05) is 0 Å². The van der Waals surface area contributed by atoms with Crippen molar-refractivity contribution in [1.82, 2.24) is 0 Å². The predicted molar refractivity (Wildman–Crippen MR) is 359 cm³/mol. The number of methoxy groups -OCH3 is 4. The first-order chi connectivity index (χ1) is 44.1. The van der Waals surface area contributed by atoms with E-state index in [4.69, 9.17) is 80.5 Å². The third-order valence-corrected chi connectivity index (χ3v) is 17.8. The molecule has 0 atom stereocenters. The summed E-state index contributed by atoms with van der Waals surface area (Å²) < 4.78 is 89.1. The number of hydrogen-bond donors (Lipinski definition) is 0. The van der Waals surface area contributed by atoms with E-state index in [1.54, 1.807) is 28.4 Å². The maximum atomic E-state index is 11.4. The zero-order valence-corrected chi connectivity index (χ0v) is 60.5. The summed E-state index contributed by atoms with van der Waals surface area (Å²) in [6, 6.07) is 0. The number of ether oxygens (including phenoxy) is 17. The van der Waals surface area contributed by atoms with Gasteiger partial charge >= 0.3 is 11.9 Å². The lowest BCUT2D eigenvalue weighted by atomic mass is 9.84. The van der Waals surface area contributed by atoms with Crippen molar-refractivity contribution < 1.29 is 90.1 Å². The van der Waals surface area contributed by atoms with Crippen LogP contribution in [0.2, 0.25) is 0 Å². The molecule has 0 aromatic rings. The Bertz CT molecular complexity index is 1610. The molecule has 6 fully saturated rings. The van der Waals surface area contributed by atoms with Crippen molar-refractivity contribution in [1.29, 1.82) is 0 Å². The number of carbonyl (C=O) groups is 2. The maximum Gasteiger partial charge on any atom is 0.305 e. The Morgan fingerprint density at radius 1 is 0.286 bits per heavy atom. The molecule has 0 bridgehead atoms. The molecule has 542 valence electrons. The summed E-state index contributed by atoms with van der Waals surface area (Å²) in [5, 5.41) is 0. The Morgan fingerprint density at radius 3 is 0.945 bits per heavy atom. The second-order valence-corrected chi connectivity index (χ2v) is 27.3. The number of hydrogen-bond acceptors (Lipinski definition) is 19.